The highest BCUT2D eigenvalue weighted by molar-refractivity contribution is 7.86. The average molecular weight is 340 g/mol. The molecule has 0 aromatic heterocycles. The molecular formula is C16H20O6S. The van der Waals surface area contributed by atoms with Crippen LogP contribution in [0.1, 0.15) is 25.3 Å². The van der Waals surface area contributed by atoms with E-state index in [-0.39, 0.29) is 17.7 Å². The van der Waals surface area contributed by atoms with E-state index >= 15 is 0 Å². The Labute approximate surface area is 136 Å². The second kappa shape index (κ2) is 8.67. The van der Waals surface area contributed by atoms with Crippen molar-refractivity contribution in [2.75, 3.05) is 6.61 Å². The molecule has 0 spiro atoms. The van der Waals surface area contributed by atoms with Gasteiger partial charge in [-0.3, -0.25) is 8.98 Å². The maximum absolute atomic E-state index is 12.0. The van der Waals surface area contributed by atoms with Crippen LogP contribution in [0.4, 0.5) is 0 Å². The van der Waals surface area contributed by atoms with E-state index in [0.29, 0.717) is 0 Å². The third kappa shape index (κ3) is 6.82. The summed E-state index contributed by atoms with van der Waals surface area (Å²) in [5.74, 6) is 1.77. The van der Waals surface area contributed by atoms with E-state index in [1.807, 2.05) is 6.92 Å². The Morgan fingerprint density at radius 1 is 1.30 bits per heavy atom. The number of aliphatic hydroxyl groups excluding tert-OH is 1. The van der Waals surface area contributed by atoms with E-state index in [2.05, 4.69) is 5.92 Å². The summed E-state index contributed by atoms with van der Waals surface area (Å²) in [6.07, 6.45) is 3.77. The molecule has 0 aliphatic heterocycles. The fraction of sp³-hybridized carbons (Fsp3) is 0.438. The second-order valence-electron chi connectivity index (χ2n) is 5.05. The fourth-order valence-corrected chi connectivity index (χ4v) is 2.69. The van der Waals surface area contributed by atoms with Gasteiger partial charge in [-0.15, -0.1) is 6.42 Å². The summed E-state index contributed by atoms with van der Waals surface area (Å²) in [5, 5.41) is 9.78. The number of ether oxygens (including phenoxy) is 1. The number of rotatable bonds is 8. The summed E-state index contributed by atoms with van der Waals surface area (Å²) in [6, 6.07) is 6.19. The van der Waals surface area contributed by atoms with Crippen molar-refractivity contribution in [1.29, 1.82) is 0 Å². The Morgan fingerprint density at radius 2 is 1.91 bits per heavy atom. The van der Waals surface area contributed by atoms with E-state index < -0.39 is 34.9 Å². The van der Waals surface area contributed by atoms with E-state index in [9.17, 15) is 18.3 Å². The van der Waals surface area contributed by atoms with Crippen molar-refractivity contribution < 1.29 is 27.2 Å². The highest BCUT2D eigenvalue weighted by Crippen LogP contribution is 2.14. The molecule has 126 valence electrons. The lowest BCUT2D eigenvalue weighted by molar-refractivity contribution is -0.144. The number of terminal acetylenes is 1. The van der Waals surface area contributed by atoms with Crippen LogP contribution in [0.2, 0.25) is 0 Å². The molecule has 6 nitrogen and oxygen atoms in total. The third-order valence-electron chi connectivity index (χ3n) is 2.98. The zero-order valence-electron chi connectivity index (χ0n) is 13.1. The van der Waals surface area contributed by atoms with Crippen molar-refractivity contribution in [3.63, 3.8) is 0 Å². The molecule has 0 unspecified atom stereocenters. The molecule has 1 rings (SSSR count). The van der Waals surface area contributed by atoms with Gasteiger partial charge in [0, 0.05) is 6.92 Å². The Hall–Kier alpha value is -1.88. The summed E-state index contributed by atoms with van der Waals surface area (Å²) in [5.41, 5.74) is 0.926. The Balaban J connectivity index is 2.49. The molecule has 0 saturated carbocycles. The largest absolute Gasteiger partial charge is 0.449 e. The lowest BCUT2D eigenvalue weighted by Gasteiger charge is -2.14. The van der Waals surface area contributed by atoms with Crippen LogP contribution in [0.25, 0.3) is 0 Å². The van der Waals surface area contributed by atoms with E-state index in [4.69, 9.17) is 15.3 Å². The minimum atomic E-state index is -3.92. The van der Waals surface area contributed by atoms with Crippen molar-refractivity contribution in [3.05, 3.63) is 29.8 Å². The molecule has 0 aliphatic carbocycles. The average Bonchev–Trinajstić information content (AvgIpc) is 2.49. The Morgan fingerprint density at radius 3 is 2.43 bits per heavy atom. The van der Waals surface area contributed by atoms with E-state index in [0.717, 1.165) is 5.56 Å². The minimum absolute atomic E-state index is 0.0247. The molecule has 0 fully saturated rings. The van der Waals surface area contributed by atoms with Gasteiger partial charge in [0.15, 0.2) is 6.10 Å². The van der Waals surface area contributed by atoms with Gasteiger partial charge in [0.25, 0.3) is 10.1 Å². The van der Waals surface area contributed by atoms with Crippen LogP contribution < -0.4 is 0 Å². The molecule has 7 heteroatoms. The topological polar surface area (TPSA) is 89.9 Å². The van der Waals surface area contributed by atoms with Gasteiger partial charge >= 0.3 is 5.97 Å². The molecule has 1 N–H and O–H groups in total. The zero-order chi connectivity index (χ0) is 17.5. The van der Waals surface area contributed by atoms with Gasteiger partial charge in [0.2, 0.25) is 0 Å². The van der Waals surface area contributed by atoms with Crippen molar-refractivity contribution >= 4 is 16.1 Å². The number of carbonyl (C=O) groups is 1. The predicted molar refractivity (Wildman–Crippen MR) is 83.9 cm³/mol. The lowest BCUT2D eigenvalue weighted by Crippen LogP contribution is -2.22. The fourth-order valence-electron chi connectivity index (χ4n) is 1.74. The Bertz CT molecular complexity index is 657. The standard InChI is InChI=1S/C16H20O6S/c1-4-15(22-13(3)17)8-7-14(18)11-21-23(19,20)16-9-5-12(2)6-10-16/h1,5-6,9-10,14-15,18H,7-8,11H2,2-3H3/t14-,15-/m1/s1. The quantitative estimate of drug-likeness (QED) is 0.437. The molecule has 23 heavy (non-hydrogen) atoms. The van der Waals surface area contributed by atoms with Crippen LogP contribution >= 0.6 is 0 Å². The molecule has 0 aliphatic rings. The number of benzene rings is 1. The Kier molecular flexibility index (Phi) is 7.23. The summed E-state index contributed by atoms with van der Waals surface area (Å²) in [7, 11) is -3.92. The number of hydrogen-bond acceptors (Lipinski definition) is 6. The van der Waals surface area contributed by atoms with Gasteiger partial charge in [0.1, 0.15) is 0 Å². The number of esters is 1. The van der Waals surface area contributed by atoms with Crippen molar-refractivity contribution in [1.82, 2.24) is 0 Å². The van der Waals surface area contributed by atoms with E-state index in [1.54, 1.807) is 12.1 Å². The molecule has 0 amide bonds. The first kappa shape index (κ1) is 19.2. The molecule has 1 aromatic rings. The monoisotopic (exact) mass is 340 g/mol. The predicted octanol–water partition coefficient (Wildman–Crippen LogP) is 1.41. The molecule has 1 aromatic carbocycles. The summed E-state index contributed by atoms with van der Waals surface area (Å²) >= 11 is 0. The highest BCUT2D eigenvalue weighted by Gasteiger charge is 2.18. The molecule has 2 atom stereocenters. The van der Waals surface area contributed by atoms with Crippen LogP contribution in [-0.2, 0) is 23.8 Å². The number of aryl methyl sites for hydroxylation is 1. The smallest absolute Gasteiger partial charge is 0.303 e. The first-order chi connectivity index (χ1) is 10.7. The molecular weight excluding hydrogens is 320 g/mol. The van der Waals surface area contributed by atoms with Crippen LogP contribution in [0.3, 0.4) is 0 Å². The second-order valence-corrected chi connectivity index (χ2v) is 6.66. The molecule has 0 heterocycles. The number of aliphatic hydroxyl groups is 1. The SMILES string of the molecule is C#C[C@H](CC[C@@H](O)COS(=O)(=O)c1ccc(C)cc1)OC(C)=O. The van der Waals surface area contributed by atoms with E-state index in [1.165, 1.54) is 19.1 Å². The number of carbonyl (C=O) groups excluding carboxylic acids is 1. The van der Waals surface area contributed by atoms with Crippen LogP contribution in [0.15, 0.2) is 29.2 Å². The van der Waals surface area contributed by atoms with Gasteiger partial charge in [0.05, 0.1) is 17.6 Å². The first-order valence-electron chi connectivity index (χ1n) is 7.02. The maximum atomic E-state index is 12.0. The highest BCUT2D eigenvalue weighted by atomic mass is 32.2. The minimum Gasteiger partial charge on any atom is -0.449 e. The number of hydrogen-bond donors (Lipinski definition) is 1. The molecule has 0 saturated heterocycles. The molecule has 0 bridgehead atoms. The van der Waals surface area contributed by atoms with Gasteiger partial charge in [-0.05, 0) is 31.9 Å². The zero-order valence-corrected chi connectivity index (χ0v) is 13.9. The normalized spacial score (nSPS) is 13.8. The van der Waals surface area contributed by atoms with Crippen molar-refractivity contribution in [3.8, 4) is 12.3 Å². The summed E-state index contributed by atoms with van der Waals surface area (Å²) < 4.78 is 33.6. The summed E-state index contributed by atoms with van der Waals surface area (Å²) in [4.78, 5) is 10.8. The first-order valence-corrected chi connectivity index (χ1v) is 8.43. The third-order valence-corrected chi connectivity index (χ3v) is 4.28. The van der Waals surface area contributed by atoms with Crippen LogP contribution in [0, 0.1) is 19.3 Å². The lowest BCUT2D eigenvalue weighted by atomic mass is 10.1. The van der Waals surface area contributed by atoms with Crippen molar-refractivity contribution in [2.45, 2.75) is 43.8 Å². The van der Waals surface area contributed by atoms with Crippen molar-refractivity contribution in [2.24, 2.45) is 0 Å². The van der Waals surface area contributed by atoms with Gasteiger partial charge in [-0.2, -0.15) is 8.42 Å². The van der Waals surface area contributed by atoms with Crippen LogP contribution in [-0.4, -0.2) is 38.3 Å². The maximum Gasteiger partial charge on any atom is 0.303 e. The van der Waals surface area contributed by atoms with Gasteiger partial charge in [-0.1, -0.05) is 23.6 Å². The van der Waals surface area contributed by atoms with Crippen LogP contribution in [0.5, 0.6) is 0 Å². The summed E-state index contributed by atoms with van der Waals surface area (Å²) in [6.45, 7) is 2.68. The van der Waals surface area contributed by atoms with Gasteiger partial charge in [-0.25, -0.2) is 0 Å². The molecule has 0 radical (unpaired) electrons. The van der Waals surface area contributed by atoms with Gasteiger partial charge < -0.3 is 9.84 Å².